The third kappa shape index (κ3) is 3.10. The molecule has 33 heavy (non-hydrogen) atoms. The smallest absolute Gasteiger partial charge is 0.231 e. The van der Waals surface area contributed by atoms with E-state index in [0.29, 0.717) is 11.7 Å². The van der Waals surface area contributed by atoms with Crippen LogP contribution in [0.15, 0.2) is 36.5 Å². The number of anilines is 2. The lowest BCUT2D eigenvalue weighted by atomic mass is 9.73. The van der Waals surface area contributed by atoms with Crippen LogP contribution in [0.3, 0.4) is 0 Å². The number of halogens is 1. The van der Waals surface area contributed by atoms with Crippen LogP contribution in [0.2, 0.25) is 5.02 Å². The Bertz CT molecular complexity index is 1290. The average Bonchev–Trinajstić information content (AvgIpc) is 3.55. The van der Waals surface area contributed by atoms with Gasteiger partial charge < -0.3 is 9.80 Å². The molecule has 3 aliphatic heterocycles. The zero-order valence-electron chi connectivity index (χ0n) is 18.2. The van der Waals surface area contributed by atoms with E-state index in [9.17, 15) is 0 Å². The third-order valence-electron chi connectivity index (χ3n) is 7.35. The molecule has 5 heterocycles. The first kappa shape index (κ1) is 19.3. The molecule has 2 saturated heterocycles. The van der Waals surface area contributed by atoms with Gasteiger partial charge in [-0.3, -0.25) is 9.47 Å². The summed E-state index contributed by atoms with van der Waals surface area (Å²) in [6, 6.07) is 10.4. The van der Waals surface area contributed by atoms with Gasteiger partial charge in [-0.25, -0.2) is 9.83 Å². The minimum atomic E-state index is 0.260. The monoisotopic (exact) mass is 458 g/mol. The quantitative estimate of drug-likeness (QED) is 0.558. The van der Waals surface area contributed by atoms with E-state index in [-0.39, 0.29) is 5.41 Å². The Balaban J connectivity index is 1.13. The predicted octanol–water partition coefficient (Wildman–Crippen LogP) is 3.67. The highest BCUT2D eigenvalue weighted by atomic mass is 35.5. The van der Waals surface area contributed by atoms with Gasteiger partial charge in [0, 0.05) is 55.4 Å². The number of hydrogen-bond donors (Lipinski definition) is 0. The summed E-state index contributed by atoms with van der Waals surface area (Å²) < 4.78 is 2.25. The summed E-state index contributed by atoms with van der Waals surface area (Å²) in [5.74, 6) is 2.84. The second-order valence-electron chi connectivity index (χ2n) is 9.86. The first-order valence-corrected chi connectivity index (χ1v) is 11.8. The van der Waals surface area contributed by atoms with Crippen LogP contribution in [-0.2, 0) is 13.1 Å². The molecule has 0 radical (unpaired) electrons. The predicted molar refractivity (Wildman–Crippen MR) is 126 cm³/mol. The van der Waals surface area contributed by atoms with Crippen molar-refractivity contribution in [1.82, 2.24) is 24.6 Å². The van der Waals surface area contributed by atoms with Crippen LogP contribution in [0.4, 0.5) is 17.5 Å². The number of nitrogens with zero attached hydrogens (tertiary/aromatic N) is 8. The van der Waals surface area contributed by atoms with Crippen LogP contribution in [-0.4, -0.2) is 56.9 Å². The molecule has 0 atom stereocenters. The molecule has 3 fully saturated rings. The molecule has 1 aromatic carbocycles. The highest BCUT2D eigenvalue weighted by Crippen LogP contribution is 2.44. The van der Waals surface area contributed by atoms with Gasteiger partial charge >= 0.3 is 0 Å². The summed E-state index contributed by atoms with van der Waals surface area (Å²) in [6.07, 6.45) is 4.24. The summed E-state index contributed by atoms with van der Waals surface area (Å²) in [4.78, 5) is 15.1. The van der Waals surface area contributed by atoms with Crippen LogP contribution in [0, 0.1) is 12.0 Å². The van der Waals surface area contributed by atoms with E-state index in [1.54, 1.807) is 12.3 Å². The summed E-state index contributed by atoms with van der Waals surface area (Å²) >= 11 is 6.37. The molecular weight excluding hydrogens is 436 g/mol. The van der Waals surface area contributed by atoms with Gasteiger partial charge in [-0.1, -0.05) is 11.6 Å². The van der Waals surface area contributed by atoms with Crippen molar-refractivity contribution in [3.8, 4) is 5.69 Å². The Hall–Kier alpha value is -3.15. The fourth-order valence-electron chi connectivity index (χ4n) is 5.59. The molecule has 7 rings (SSSR count). The van der Waals surface area contributed by atoms with Crippen molar-refractivity contribution in [3.63, 3.8) is 0 Å². The molecule has 8 nitrogen and oxygen atoms in total. The van der Waals surface area contributed by atoms with Crippen molar-refractivity contribution >= 4 is 29.1 Å². The van der Waals surface area contributed by atoms with Gasteiger partial charge in [-0.2, -0.15) is 0 Å². The molecule has 0 bridgehead atoms. The van der Waals surface area contributed by atoms with Crippen molar-refractivity contribution < 1.29 is 0 Å². The summed E-state index contributed by atoms with van der Waals surface area (Å²) in [5.41, 5.74) is 3.29. The van der Waals surface area contributed by atoms with Gasteiger partial charge in [0.15, 0.2) is 11.5 Å². The summed E-state index contributed by atoms with van der Waals surface area (Å²) in [6.45, 7) is 12.8. The Labute approximate surface area is 197 Å². The van der Waals surface area contributed by atoms with Crippen LogP contribution < -0.4 is 9.80 Å². The average molecular weight is 459 g/mol. The Morgan fingerprint density at radius 2 is 1.82 bits per heavy atom. The zero-order valence-corrected chi connectivity index (χ0v) is 18.9. The lowest BCUT2D eigenvalue weighted by molar-refractivity contribution is 0.153. The van der Waals surface area contributed by atoms with E-state index in [1.165, 1.54) is 18.4 Å². The largest absolute Gasteiger partial charge is 0.356 e. The van der Waals surface area contributed by atoms with E-state index >= 15 is 0 Å². The number of pyridine rings is 1. The molecule has 2 aromatic heterocycles. The number of aromatic nitrogens is 4. The van der Waals surface area contributed by atoms with Gasteiger partial charge in [-0.05, 0) is 48.7 Å². The molecule has 1 spiro atoms. The van der Waals surface area contributed by atoms with Crippen molar-refractivity contribution in [3.05, 3.63) is 64.4 Å². The molecule has 0 amide bonds. The highest BCUT2D eigenvalue weighted by molar-refractivity contribution is 6.30. The second kappa shape index (κ2) is 6.92. The summed E-state index contributed by atoms with van der Waals surface area (Å²) in [5, 5.41) is 10.0. The van der Waals surface area contributed by atoms with Gasteiger partial charge in [-0.15, -0.1) is 10.2 Å². The van der Waals surface area contributed by atoms with Crippen LogP contribution >= 0.6 is 11.6 Å². The zero-order chi connectivity index (χ0) is 22.2. The molecule has 1 saturated carbocycles. The Kier molecular flexibility index (Phi) is 4.06. The maximum absolute atomic E-state index is 7.23. The molecule has 4 aliphatic rings. The molecule has 0 N–H and O–H groups in total. The summed E-state index contributed by atoms with van der Waals surface area (Å²) in [7, 11) is 0. The maximum atomic E-state index is 7.23. The number of benzene rings is 1. The Morgan fingerprint density at radius 1 is 1.00 bits per heavy atom. The van der Waals surface area contributed by atoms with Crippen LogP contribution in [0.1, 0.15) is 24.2 Å². The SMILES string of the molecule is [C-]#[N+]c1ccnc(N2CC3(C2)CN(c2nnc4n2-c2ccc(Cl)cc2CN(C2CC2)C4)C3)c1. The molecule has 1 aliphatic carbocycles. The maximum Gasteiger partial charge on any atom is 0.231 e. The molecule has 3 aromatic rings. The van der Waals surface area contributed by atoms with Crippen molar-refractivity contribution in [2.45, 2.75) is 32.0 Å². The van der Waals surface area contributed by atoms with Gasteiger partial charge in [0.2, 0.25) is 5.95 Å². The normalized spacial score (nSPS) is 21.0. The third-order valence-corrected chi connectivity index (χ3v) is 7.58. The number of rotatable bonds is 3. The van der Waals surface area contributed by atoms with Gasteiger partial charge in [0.1, 0.15) is 5.82 Å². The molecule has 0 unspecified atom stereocenters. The first-order valence-electron chi connectivity index (χ1n) is 11.4. The standard InChI is InChI=1S/C24H23ClN8/c1-26-18-6-7-27-21(9-18)31-12-24(13-31)14-32(15-24)23-29-28-22-11-30(19-3-4-19)10-16-8-17(25)2-5-20(16)33(22)23/h2,5-9,19H,3-4,10-15H2. The van der Waals surface area contributed by atoms with Crippen molar-refractivity contribution in [2.24, 2.45) is 5.41 Å². The van der Waals surface area contributed by atoms with E-state index in [0.717, 1.165) is 67.6 Å². The Morgan fingerprint density at radius 3 is 2.61 bits per heavy atom. The van der Waals surface area contributed by atoms with Crippen LogP contribution in [0.25, 0.3) is 10.5 Å². The number of hydrogen-bond acceptors (Lipinski definition) is 6. The van der Waals surface area contributed by atoms with Gasteiger partial charge in [0.05, 0.1) is 18.8 Å². The first-order chi connectivity index (χ1) is 16.1. The van der Waals surface area contributed by atoms with E-state index in [2.05, 4.69) is 51.4 Å². The van der Waals surface area contributed by atoms with Crippen LogP contribution in [0.5, 0.6) is 0 Å². The lowest BCUT2D eigenvalue weighted by Crippen LogP contribution is -2.73. The van der Waals surface area contributed by atoms with E-state index in [4.69, 9.17) is 18.2 Å². The molecule has 166 valence electrons. The number of fused-ring (bicyclic) bond motifs is 3. The second-order valence-corrected chi connectivity index (χ2v) is 10.3. The minimum absolute atomic E-state index is 0.260. The molecule has 9 heteroatoms. The topological polar surface area (TPSA) is 57.7 Å². The fourth-order valence-corrected chi connectivity index (χ4v) is 5.79. The fraction of sp³-hybridized carbons (Fsp3) is 0.417. The lowest BCUT2D eigenvalue weighted by Gasteiger charge is -2.60. The van der Waals surface area contributed by atoms with Crippen molar-refractivity contribution in [1.29, 1.82) is 0 Å². The molecular formula is C24H23ClN8. The highest BCUT2D eigenvalue weighted by Gasteiger charge is 2.53. The van der Waals surface area contributed by atoms with Crippen molar-refractivity contribution in [2.75, 3.05) is 36.0 Å². The minimum Gasteiger partial charge on any atom is -0.356 e. The van der Waals surface area contributed by atoms with Gasteiger partial charge in [0.25, 0.3) is 0 Å². The van der Waals surface area contributed by atoms with E-state index < -0.39 is 0 Å². The van der Waals surface area contributed by atoms with E-state index in [1.807, 2.05) is 12.1 Å².